The van der Waals surface area contributed by atoms with E-state index in [-0.39, 0.29) is 0 Å². The molecule has 0 atom stereocenters. The number of ether oxygens (including phenoxy) is 2. The fourth-order valence-corrected chi connectivity index (χ4v) is 1.98. The number of nitrogens with two attached hydrogens (primary N) is 1. The zero-order chi connectivity index (χ0) is 12.6. The van der Waals surface area contributed by atoms with Crippen LogP contribution in [0.15, 0.2) is 18.2 Å². The smallest absolute Gasteiger partial charge is 0.340 e. The van der Waals surface area contributed by atoms with E-state index in [1.54, 1.807) is 20.1 Å². The maximum absolute atomic E-state index is 11.7. The van der Waals surface area contributed by atoms with Gasteiger partial charge in [-0.3, -0.25) is 4.68 Å². The second-order valence-electron chi connectivity index (χ2n) is 3.68. The Morgan fingerprint density at radius 2 is 2.06 bits per heavy atom. The fraction of sp³-hybridized carbons (Fsp3) is 0.250. The lowest BCUT2D eigenvalue weighted by Gasteiger charge is -2.04. The Hall–Kier alpha value is -2.17. The van der Waals surface area contributed by atoms with Gasteiger partial charge in [-0.05, 0) is 13.0 Å². The van der Waals surface area contributed by atoms with Gasteiger partial charge in [-0.2, -0.15) is 0 Å². The highest BCUT2D eigenvalue weighted by Crippen LogP contribution is 2.31. The van der Waals surface area contributed by atoms with E-state index in [9.17, 15) is 4.79 Å². The summed E-state index contributed by atoms with van der Waals surface area (Å²) in [5, 5.41) is 0.733. The monoisotopic (exact) mass is 234 g/mol. The Kier molecular flexibility index (Phi) is 2.67. The van der Waals surface area contributed by atoms with Gasteiger partial charge in [0.2, 0.25) is 0 Å². The van der Waals surface area contributed by atoms with Crippen LogP contribution in [0, 0.1) is 6.92 Å². The first-order valence-electron chi connectivity index (χ1n) is 5.13. The van der Waals surface area contributed by atoms with Crippen molar-refractivity contribution in [3.8, 4) is 5.75 Å². The van der Waals surface area contributed by atoms with Gasteiger partial charge in [0.05, 0.1) is 25.5 Å². The summed E-state index contributed by atoms with van der Waals surface area (Å²) in [6.45, 7) is 1.77. The van der Waals surface area contributed by atoms with Crippen LogP contribution in [0.4, 0.5) is 0 Å². The lowest BCUT2D eigenvalue weighted by molar-refractivity contribution is 0.0602. The van der Waals surface area contributed by atoms with E-state index in [0.29, 0.717) is 22.5 Å². The predicted molar refractivity (Wildman–Crippen MR) is 64.7 cm³/mol. The van der Waals surface area contributed by atoms with E-state index in [1.165, 1.54) is 11.8 Å². The number of nitrogen functional groups attached to an aromatic ring is 1. The number of aromatic nitrogens is 1. The van der Waals surface area contributed by atoms with Crippen molar-refractivity contribution in [3.05, 3.63) is 29.5 Å². The van der Waals surface area contributed by atoms with Gasteiger partial charge in [0.25, 0.3) is 0 Å². The lowest BCUT2D eigenvalue weighted by Crippen LogP contribution is -2.12. The number of hydrogen-bond donors (Lipinski definition) is 1. The van der Waals surface area contributed by atoms with Crippen LogP contribution in [0.2, 0.25) is 0 Å². The molecule has 0 saturated heterocycles. The Balaban J connectivity index is 2.87. The Bertz CT molecular complexity index is 587. The van der Waals surface area contributed by atoms with Crippen molar-refractivity contribution in [2.75, 3.05) is 20.1 Å². The summed E-state index contributed by atoms with van der Waals surface area (Å²) in [5.74, 6) is 6.17. The number of esters is 1. The Morgan fingerprint density at radius 1 is 1.35 bits per heavy atom. The zero-order valence-corrected chi connectivity index (χ0v) is 9.98. The predicted octanol–water partition coefficient (Wildman–Crippen LogP) is 1.46. The number of benzene rings is 1. The van der Waals surface area contributed by atoms with E-state index in [4.69, 9.17) is 15.3 Å². The van der Waals surface area contributed by atoms with Gasteiger partial charge in [-0.25, -0.2) is 4.79 Å². The highest BCUT2D eigenvalue weighted by Gasteiger charge is 2.21. The molecular formula is C12H14N2O3. The van der Waals surface area contributed by atoms with Crippen molar-refractivity contribution in [3.63, 3.8) is 0 Å². The SMILES string of the molecule is COC(=O)c1c(C)n(N)c2c(OC)cccc12. The van der Waals surface area contributed by atoms with Crippen molar-refractivity contribution >= 4 is 16.9 Å². The first kappa shape index (κ1) is 11.3. The van der Waals surface area contributed by atoms with Crippen molar-refractivity contribution < 1.29 is 14.3 Å². The molecular weight excluding hydrogens is 220 g/mol. The average Bonchev–Trinajstić information content (AvgIpc) is 2.61. The van der Waals surface area contributed by atoms with Crippen LogP contribution in [0.5, 0.6) is 5.75 Å². The number of carbonyl (C=O) groups is 1. The quantitative estimate of drug-likeness (QED) is 0.631. The van der Waals surface area contributed by atoms with Gasteiger partial charge in [0.1, 0.15) is 11.3 Å². The highest BCUT2D eigenvalue weighted by molar-refractivity contribution is 6.07. The fourth-order valence-electron chi connectivity index (χ4n) is 1.98. The molecule has 0 spiro atoms. The summed E-state index contributed by atoms with van der Waals surface area (Å²) in [5.41, 5.74) is 1.81. The summed E-state index contributed by atoms with van der Waals surface area (Å²) < 4.78 is 11.4. The molecule has 2 N–H and O–H groups in total. The third-order valence-corrected chi connectivity index (χ3v) is 2.84. The maximum atomic E-state index is 11.7. The Labute approximate surface area is 98.7 Å². The third kappa shape index (κ3) is 1.51. The number of fused-ring (bicyclic) bond motifs is 1. The molecule has 0 aliphatic carbocycles. The van der Waals surface area contributed by atoms with Gasteiger partial charge in [0, 0.05) is 5.39 Å². The third-order valence-electron chi connectivity index (χ3n) is 2.84. The van der Waals surface area contributed by atoms with Crippen molar-refractivity contribution in [2.45, 2.75) is 6.92 Å². The van der Waals surface area contributed by atoms with Crippen LogP contribution >= 0.6 is 0 Å². The second-order valence-corrected chi connectivity index (χ2v) is 3.68. The molecule has 0 unspecified atom stereocenters. The minimum atomic E-state index is -0.398. The van der Waals surface area contributed by atoms with Crippen molar-refractivity contribution in [1.82, 2.24) is 4.68 Å². The molecule has 90 valence electrons. The van der Waals surface area contributed by atoms with Gasteiger partial charge in [0.15, 0.2) is 0 Å². The molecule has 5 heteroatoms. The number of hydrogen-bond acceptors (Lipinski definition) is 4. The molecule has 2 aromatic rings. The largest absolute Gasteiger partial charge is 0.494 e. The van der Waals surface area contributed by atoms with Crippen LogP contribution in [0.3, 0.4) is 0 Å². The molecule has 0 saturated carbocycles. The molecule has 0 amide bonds. The number of carbonyl (C=O) groups excluding carboxylic acids is 1. The molecule has 0 aliphatic heterocycles. The van der Waals surface area contributed by atoms with Crippen LogP contribution in [0.25, 0.3) is 10.9 Å². The first-order chi connectivity index (χ1) is 8.11. The molecule has 17 heavy (non-hydrogen) atoms. The van der Waals surface area contributed by atoms with Gasteiger partial charge in [-0.15, -0.1) is 0 Å². The molecule has 0 aliphatic rings. The first-order valence-corrected chi connectivity index (χ1v) is 5.13. The Morgan fingerprint density at radius 3 is 2.65 bits per heavy atom. The van der Waals surface area contributed by atoms with Crippen LogP contribution in [0.1, 0.15) is 16.1 Å². The van der Waals surface area contributed by atoms with E-state index in [0.717, 1.165) is 5.39 Å². The topological polar surface area (TPSA) is 66.5 Å². The van der Waals surface area contributed by atoms with Gasteiger partial charge < -0.3 is 15.3 Å². The molecule has 1 aromatic heterocycles. The molecule has 1 aromatic carbocycles. The minimum absolute atomic E-state index is 0.398. The molecule has 5 nitrogen and oxygen atoms in total. The van der Waals surface area contributed by atoms with E-state index in [2.05, 4.69) is 0 Å². The van der Waals surface area contributed by atoms with Crippen LogP contribution < -0.4 is 10.6 Å². The molecule has 0 radical (unpaired) electrons. The zero-order valence-electron chi connectivity index (χ0n) is 9.98. The van der Waals surface area contributed by atoms with Crippen molar-refractivity contribution in [1.29, 1.82) is 0 Å². The summed E-state index contributed by atoms with van der Waals surface area (Å²) in [6.07, 6.45) is 0. The van der Waals surface area contributed by atoms with Gasteiger partial charge in [-0.1, -0.05) is 12.1 Å². The normalized spacial score (nSPS) is 10.5. The molecule has 1 heterocycles. The number of nitrogens with zero attached hydrogens (tertiary/aromatic N) is 1. The highest BCUT2D eigenvalue weighted by atomic mass is 16.5. The molecule has 0 bridgehead atoms. The van der Waals surface area contributed by atoms with E-state index < -0.39 is 5.97 Å². The minimum Gasteiger partial charge on any atom is -0.494 e. The molecule has 0 fully saturated rings. The summed E-state index contributed by atoms with van der Waals surface area (Å²) in [4.78, 5) is 11.7. The van der Waals surface area contributed by atoms with Crippen LogP contribution in [-0.2, 0) is 4.74 Å². The summed E-state index contributed by atoms with van der Waals surface area (Å²) in [7, 11) is 2.91. The molecule has 2 rings (SSSR count). The maximum Gasteiger partial charge on any atom is 0.340 e. The average molecular weight is 234 g/mol. The van der Waals surface area contributed by atoms with Crippen LogP contribution in [-0.4, -0.2) is 24.9 Å². The summed E-state index contributed by atoms with van der Waals surface area (Å²) in [6, 6.07) is 5.43. The standard InChI is InChI=1S/C12H14N2O3/c1-7-10(12(15)17-3)8-5-4-6-9(16-2)11(8)14(7)13/h4-6H,13H2,1-3H3. The van der Waals surface area contributed by atoms with E-state index >= 15 is 0 Å². The van der Waals surface area contributed by atoms with E-state index in [1.807, 2.05) is 12.1 Å². The number of para-hydroxylation sites is 1. The lowest BCUT2D eigenvalue weighted by atomic mass is 10.1. The van der Waals surface area contributed by atoms with Crippen molar-refractivity contribution in [2.24, 2.45) is 0 Å². The second kappa shape index (κ2) is 4.01. The number of rotatable bonds is 2. The summed E-state index contributed by atoms with van der Waals surface area (Å²) >= 11 is 0. The van der Waals surface area contributed by atoms with Gasteiger partial charge >= 0.3 is 5.97 Å². The number of methoxy groups -OCH3 is 2.